The predicted octanol–water partition coefficient (Wildman–Crippen LogP) is 2.03. The number of sulfonamides is 1. The van der Waals surface area contributed by atoms with E-state index in [0.29, 0.717) is 11.6 Å². The Kier molecular flexibility index (Phi) is 4.84. The average Bonchev–Trinajstić information content (AvgIpc) is 2.84. The first-order valence-electron chi connectivity index (χ1n) is 6.39. The molecule has 0 amide bonds. The van der Waals surface area contributed by atoms with Gasteiger partial charge in [0.2, 0.25) is 10.0 Å². The number of benzene rings is 1. The molecular weight excluding hydrogens is 286 g/mol. The van der Waals surface area contributed by atoms with Gasteiger partial charge in [-0.1, -0.05) is 18.0 Å². The lowest BCUT2D eigenvalue weighted by Crippen LogP contribution is -2.31. The molecular formula is C13H18ClNO3S. The van der Waals surface area contributed by atoms with Crippen LogP contribution >= 0.6 is 11.6 Å². The molecule has 1 saturated carbocycles. The normalized spacial score (nSPS) is 23.7. The van der Waals surface area contributed by atoms with Crippen molar-refractivity contribution in [3.05, 3.63) is 29.3 Å². The Morgan fingerprint density at radius 3 is 2.47 bits per heavy atom. The van der Waals surface area contributed by atoms with Crippen LogP contribution in [0.25, 0.3) is 0 Å². The highest BCUT2D eigenvalue weighted by molar-refractivity contribution is 7.89. The Bertz CT molecular complexity index is 515. The summed E-state index contributed by atoms with van der Waals surface area (Å²) in [5, 5.41) is 9.73. The van der Waals surface area contributed by atoms with Crippen molar-refractivity contribution in [2.24, 2.45) is 11.8 Å². The quantitative estimate of drug-likeness (QED) is 0.874. The van der Waals surface area contributed by atoms with Gasteiger partial charge in [0.1, 0.15) is 0 Å². The van der Waals surface area contributed by atoms with Gasteiger partial charge in [0.15, 0.2) is 0 Å². The molecule has 0 spiro atoms. The van der Waals surface area contributed by atoms with Crippen LogP contribution in [-0.2, 0) is 10.0 Å². The van der Waals surface area contributed by atoms with Crippen molar-refractivity contribution in [1.82, 2.24) is 4.72 Å². The second-order valence-corrected chi connectivity index (χ2v) is 7.14. The Balaban J connectivity index is 2.00. The molecule has 1 aliphatic rings. The first kappa shape index (κ1) is 14.8. The van der Waals surface area contributed by atoms with Crippen LogP contribution in [0.4, 0.5) is 0 Å². The highest BCUT2D eigenvalue weighted by atomic mass is 35.5. The zero-order chi connectivity index (χ0) is 13.9. The van der Waals surface area contributed by atoms with Gasteiger partial charge in [-0.05, 0) is 48.9 Å². The van der Waals surface area contributed by atoms with Gasteiger partial charge in [-0.2, -0.15) is 0 Å². The molecule has 2 unspecified atom stereocenters. The summed E-state index contributed by atoms with van der Waals surface area (Å²) in [5.41, 5.74) is 0. The lowest BCUT2D eigenvalue weighted by molar-refractivity contribution is 0.195. The molecule has 0 aliphatic heterocycles. The predicted molar refractivity (Wildman–Crippen MR) is 74.6 cm³/mol. The summed E-state index contributed by atoms with van der Waals surface area (Å²) < 4.78 is 26.8. The van der Waals surface area contributed by atoms with Gasteiger partial charge in [0, 0.05) is 18.2 Å². The van der Waals surface area contributed by atoms with E-state index in [1.807, 2.05) is 0 Å². The monoisotopic (exact) mass is 303 g/mol. The summed E-state index contributed by atoms with van der Waals surface area (Å²) in [6, 6.07) is 6.09. The van der Waals surface area contributed by atoms with Crippen molar-refractivity contribution in [3.63, 3.8) is 0 Å². The van der Waals surface area contributed by atoms with Crippen LogP contribution in [-0.4, -0.2) is 26.7 Å². The van der Waals surface area contributed by atoms with Crippen molar-refractivity contribution in [2.45, 2.75) is 24.2 Å². The van der Waals surface area contributed by atoms with Crippen LogP contribution < -0.4 is 4.72 Å². The van der Waals surface area contributed by atoms with Crippen LogP contribution in [0.2, 0.25) is 5.02 Å². The molecule has 4 nitrogen and oxygen atoms in total. The fourth-order valence-corrected chi connectivity index (χ4v) is 3.76. The number of nitrogens with one attached hydrogen (secondary N) is 1. The molecule has 106 valence electrons. The molecule has 0 bridgehead atoms. The van der Waals surface area contributed by atoms with Gasteiger partial charge in [-0.3, -0.25) is 0 Å². The molecule has 1 aromatic carbocycles. The van der Waals surface area contributed by atoms with E-state index in [9.17, 15) is 13.5 Å². The summed E-state index contributed by atoms with van der Waals surface area (Å²) in [4.78, 5) is 0.218. The summed E-state index contributed by atoms with van der Waals surface area (Å²) in [6.07, 6.45) is 3.00. The maximum Gasteiger partial charge on any atom is 0.240 e. The van der Waals surface area contributed by atoms with Gasteiger partial charge >= 0.3 is 0 Å². The summed E-state index contributed by atoms with van der Waals surface area (Å²) >= 11 is 5.74. The minimum Gasteiger partial charge on any atom is -0.396 e. The van der Waals surface area contributed by atoms with E-state index in [1.165, 1.54) is 12.1 Å². The van der Waals surface area contributed by atoms with Crippen LogP contribution in [0.1, 0.15) is 19.3 Å². The molecule has 1 aromatic rings. The highest BCUT2D eigenvalue weighted by Gasteiger charge is 2.27. The molecule has 0 aromatic heterocycles. The van der Waals surface area contributed by atoms with Gasteiger partial charge in [-0.25, -0.2) is 13.1 Å². The van der Waals surface area contributed by atoms with Gasteiger partial charge in [0.05, 0.1) is 4.90 Å². The number of hydrogen-bond acceptors (Lipinski definition) is 3. The fraction of sp³-hybridized carbons (Fsp3) is 0.538. The number of halogens is 1. The third-order valence-electron chi connectivity index (χ3n) is 3.71. The van der Waals surface area contributed by atoms with E-state index in [-0.39, 0.29) is 23.3 Å². The largest absolute Gasteiger partial charge is 0.396 e. The Morgan fingerprint density at radius 1 is 1.21 bits per heavy atom. The number of aliphatic hydroxyl groups excluding tert-OH is 1. The van der Waals surface area contributed by atoms with Crippen LogP contribution in [0.5, 0.6) is 0 Å². The molecule has 0 saturated heterocycles. The highest BCUT2D eigenvalue weighted by Crippen LogP contribution is 2.31. The van der Waals surface area contributed by atoms with Crippen LogP contribution in [0, 0.1) is 11.8 Å². The van der Waals surface area contributed by atoms with Gasteiger partial charge < -0.3 is 5.11 Å². The fourth-order valence-electron chi connectivity index (χ4n) is 2.54. The molecule has 2 rings (SSSR count). The lowest BCUT2D eigenvalue weighted by atomic mass is 9.97. The zero-order valence-electron chi connectivity index (χ0n) is 10.5. The molecule has 1 aliphatic carbocycles. The molecule has 2 atom stereocenters. The molecule has 0 heterocycles. The molecule has 6 heteroatoms. The summed E-state index contributed by atoms with van der Waals surface area (Å²) in [5.74, 6) is 0.444. The minimum atomic E-state index is -3.49. The van der Waals surface area contributed by atoms with E-state index in [0.717, 1.165) is 19.3 Å². The van der Waals surface area contributed by atoms with Crippen molar-refractivity contribution in [3.8, 4) is 0 Å². The maximum absolute atomic E-state index is 12.1. The number of hydrogen-bond donors (Lipinski definition) is 2. The Labute approximate surface area is 118 Å². The van der Waals surface area contributed by atoms with E-state index in [4.69, 9.17) is 11.6 Å². The van der Waals surface area contributed by atoms with Crippen molar-refractivity contribution in [2.75, 3.05) is 13.2 Å². The van der Waals surface area contributed by atoms with E-state index in [1.54, 1.807) is 12.1 Å². The summed E-state index contributed by atoms with van der Waals surface area (Å²) in [6.45, 7) is 0.517. The van der Waals surface area contributed by atoms with E-state index < -0.39 is 10.0 Å². The van der Waals surface area contributed by atoms with Crippen molar-refractivity contribution in [1.29, 1.82) is 0 Å². The van der Waals surface area contributed by atoms with Gasteiger partial charge in [0.25, 0.3) is 0 Å². The Hall–Kier alpha value is -0.620. The van der Waals surface area contributed by atoms with Gasteiger partial charge in [-0.15, -0.1) is 0 Å². The van der Waals surface area contributed by atoms with Crippen LogP contribution in [0.15, 0.2) is 29.2 Å². The third-order valence-corrected chi connectivity index (χ3v) is 5.40. The minimum absolute atomic E-state index is 0.132. The Morgan fingerprint density at radius 2 is 1.84 bits per heavy atom. The van der Waals surface area contributed by atoms with Crippen molar-refractivity contribution >= 4 is 21.6 Å². The first-order valence-corrected chi connectivity index (χ1v) is 8.25. The number of aliphatic hydroxyl groups is 1. The number of rotatable bonds is 5. The van der Waals surface area contributed by atoms with Crippen LogP contribution in [0.3, 0.4) is 0 Å². The standard InChI is InChI=1S/C13H18ClNO3S/c14-12-4-6-13(7-5-12)19(17,18)15-8-10-2-1-3-11(10)9-16/h4-7,10-11,15-16H,1-3,8-9H2. The maximum atomic E-state index is 12.1. The SMILES string of the molecule is O=S(=O)(NCC1CCCC1CO)c1ccc(Cl)cc1. The molecule has 2 N–H and O–H groups in total. The van der Waals surface area contributed by atoms with E-state index >= 15 is 0 Å². The summed E-state index contributed by atoms with van der Waals surface area (Å²) in [7, 11) is -3.49. The molecule has 1 fully saturated rings. The second kappa shape index (κ2) is 6.22. The molecule has 0 radical (unpaired) electrons. The smallest absolute Gasteiger partial charge is 0.240 e. The van der Waals surface area contributed by atoms with E-state index in [2.05, 4.69) is 4.72 Å². The second-order valence-electron chi connectivity index (χ2n) is 4.94. The molecule has 19 heavy (non-hydrogen) atoms. The lowest BCUT2D eigenvalue weighted by Gasteiger charge is -2.17. The first-order chi connectivity index (χ1) is 9.03. The average molecular weight is 304 g/mol. The van der Waals surface area contributed by atoms with Crippen molar-refractivity contribution < 1.29 is 13.5 Å². The third kappa shape index (κ3) is 3.69. The topological polar surface area (TPSA) is 66.4 Å². The zero-order valence-corrected chi connectivity index (χ0v) is 12.1.